The molecule has 0 fully saturated rings. The third-order valence-electron chi connectivity index (χ3n) is 1.95. The van der Waals surface area contributed by atoms with Crippen LogP contribution in [0.1, 0.15) is 25.7 Å². The lowest BCUT2D eigenvalue weighted by Crippen LogP contribution is -2.07. The van der Waals surface area contributed by atoms with Crippen molar-refractivity contribution in [1.29, 1.82) is 0 Å². The van der Waals surface area contributed by atoms with E-state index in [-0.39, 0.29) is 12.4 Å². The van der Waals surface area contributed by atoms with E-state index in [1.807, 2.05) is 0 Å². The van der Waals surface area contributed by atoms with Crippen molar-refractivity contribution in [2.75, 3.05) is 6.61 Å². The summed E-state index contributed by atoms with van der Waals surface area (Å²) in [6, 6.07) is 0. The number of carbonyl (C=O) groups is 2. The monoisotopic (exact) mass is 210 g/mol. The van der Waals surface area contributed by atoms with E-state index in [0.29, 0.717) is 18.6 Å². The molecule has 0 aromatic rings. The summed E-state index contributed by atoms with van der Waals surface area (Å²) in [5, 5.41) is 0. The molecule has 0 heterocycles. The van der Waals surface area contributed by atoms with Crippen LogP contribution in [0.25, 0.3) is 0 Å². The van der Waals surface area contributed by atoms with Gasteiger partial charge >= 0.3 is 6.16 Å². The lowest BCUT2D eigenvalue weighted by Gasteiger charge is -2.05. The summed E-state index contributed by atoms with van der Waals surface area (Å²) in [7, 11) is 0. The lowest BCUT2D eigenvalue weighted by molar-refractivity contribution is -0.114. The number of hydrogen-bond donors (Lipinski definition) is 0. The van der Waals surface area contributed by atoms with Gasteiger partial charge in [0.15, 0.2) is 5.78 Å². The molecule has 4 heteroatoms. The largest absolute Gasteiger partial charge is 0.513 e. The van der Waals surface area contributed by atoms with E-state index in [1.54, 1.807) is 0 Å². The van der Waals surface area contributed by atoms with Gasteiger partial charge in [0.25, 0.3) is 0 Å². The number of ketones is 1. The van der Waals surface area contributed by atoms with Gasteiger partial charge in [0.2, 0.25) is 0 Å². The first-order valence-electron chi connectivity index (χ1n) is 4.91. The van der Waals surface area contributed by atoms with Crippen LogP contribution in [0.2, 0.25) is 0 Å². The molecule has 0 spiro atoms. The van der Waals surface area contributed by atoms with Crippen LogP contribution in [-0.2, 0) is 14.3 Å². The molecule has 0 amide bonds. The molecule has 0 aromatic carbocycles. The second-order valence-electron chi connectivity index (χ2n) is 3.24. The summed E-state index contributed by atoms with van der Waals surface area (Å²) in [5.41, 5.74) is 0. The van der Waals surface area contributed by atoms with E-state index >= 15 is 0 Å². The fourth-order valence-electron chi connectivity index (χ4n) is 1.27. The normalized spacial score (nSPS) is 16.3. The summed E-state index contributed by atoms with van der Waals surface area (Å²) < 4.78 is 9.51. The molecule has 0 aliphatic heterocycles. The van der Waals surface area contributed by atoms with E-state index in [1.165, 1.54) is 12.2 Å². The minimum atomic E-state index is -0.782. The molecule has 1 aliphatic carbocycles. The Labute approximate surface area is 88.6 Å². The zero-order valence-electron chi connectivity index (χ0n) is 8.53. The first-order valence-corrected chi connectivity index (χ1v) is 4.91. The van der Waals surface area contributed by atoms with Gasteiger partial charge in [-0.15, -0.1) is 0 Å². The van der Waals surface area contributed by atoms with Crippen LogP contribution >= 0.6 is 0 Å². The third kappa shape index (κ3) is 4.44. The summed E-state index contributed by atoms with van der Waals surface area (Å²) in [6.07, 6.45) is 4.87. The molecule has 82 valence electrons. The van der Waals surface area contributed by atoms with Crippen molar-refractivity contribution >= 4 is 11.9 Å². The molecule has 0 radical (unpaired) electrons. The Balaban J connectivity index is 2.44. The molecule has 0 N–H and O–H groups in total. The SMILES string of the molecule is C=CCOC(=O)OC1=CC(=O)CCCC1. The maximum atomic E-state index is 11.2. The predicted molar refractivity (Wildman–Crippen MR) is 54.2 cm³/mol. The Hall–Kier alpha value is -1.58. The van der Waals surface area contributed by atoms with Crippen LogP contribution in [0.4, 0.5) is 4.79 Å². The highest BCUT2D eigenvalue weighted by molar-refractivity contribution is 5.90. The summed E-state index contributed by atoms with van der Waals surface area (Å²) in [5.74, 6) is 0.394. The van der Waals surface area contributed by atoms with Crippen molar-refractivity contribution in [3.8, 4) is 0 Å². The van der Waals surface area contributed by atoms with Crippen molar-refractivity contribution in [3.05, 3.63) is 24.5 Å². The van der Waals surface area contributed by atoms with Crippen LogP contribution in [0.3, 0.4) is 0 Å². The summed E-state index contributed by atoms with van der Waals surface area (Å²) in [6.45, 7) is 3.52. The number of hydrogen-bond acceptors (Lipinski definition) is 4. The smallest absolute Gasteiger partial charge is 0.430 e. The fourth-order valence-corrected chi connectivity index (χ4v) is 1.27. The standard InChI is InChI=1S/C11H14O4/c1-2-7-14-11(13)15-10-6-4-3-5-9(12)8-10/h2,8H,1,3-7H2. The van der Waals surface area contributed by atoms with Crippen molar-refractivity contribution in [2.24, 2.45) is 0 Å². The van der Waals surface area contributed by atoms with Crippen molar-refractivity contribution < 1.29 is 19.1 Å². The fraction of sp³-hybridized carbons (Fsp3) is 0.455. The van der Waals surface area contributed by atoms with Gasteiger partial charge in [0.1, 0.15) is 12.4 Å². The third-order valence-corrected chi connectivity index (χ3v) is 1.95. The molecule has 0 atom stereocenters. The quantitative estimate of drug-likeness (QED) is 0.530. The molecule has 0 saturated heterocycles. The van der Waals surface area contributed by atoms with Gasteiger partial charge in [-0.05, 0) is 12.8 Å². The lowest BCUT2D eigenvalue weighted by atomic mass is 10.2. The van der Waals surface area contributed by atoms with E-state index < -0.39 is 6.16 Å². The summed E-state index contributed by atoms with van der Waals surface area (Å²) >= 11 is 0. The summed E-state index contributed by atoms with van der Waals surface area (Å²) in [4.78, 5) is 22.2. The van der Waals surface area contributed by atoms with Gasteiger partial charge < -0.3 is 9.47 Å². The molecule has 0 saturated carbocycles. The van der Waals surface area contributed by atoms with Crippen LogP contribution in [0.15, 0.2) is 24.5 Å². The molecule has 0 unspecified atom stereocenters. The first kappa shape index (κ1) is 11.5. The molecule has 1 aliphatic rings. The second-order valence-corrected chi connectivity index (χ2v) is 3.24. The topological polar surface area (TPSA) is 52.6 Å². The molecule has 15 heavy (non-hydrogen) atoms. The first-order chi connectivity index (χ1) is 7.22. The minimum Gasteiger partial charge on any atom is -0.430 e. The van der Waals surface area contributed by atoms with Gasteiger partial charge in [0.05, 0.1) is 0 Å². The van der Waals surface area contributed by atoms with Gasteiger partial charge in [-0.1, -0.05) is 12.7 Å². The van der Waals surface area contributed by atoms with Gasteiger partial charge in [-0.2, -0.15) is 0 Å². The average molecular weight is 210 g/mol. The van der Waals surface area contributed by atoms with E-state index in [0.717, 1.165) is 12.8 Å². The number of rotatable bonds is 3. The Bertz CT molecular complexity index is 291. The number of ether oxygens (including phenoxy) is 2. The molecule has 0 bridgehead atoms. The Morgan fingerprint density at radius 1 is 1.47 bits per heavy atom. The molecular weight excluding hydrogens is 196 g/mol. The molecular formula is C11H14O4. The Kier molecular flexibility index (Phi) is 4.60. The number of carbonyl (C=O) groups excluding carboxylic acids is 2. The maximum absolute atomic E-state index is 11.2. The average Bonchev–Trinajstić information content (AvgIpc) is 2.39. The van der Waals surface area contributed by atoms with Gasteiger partial charge in [0, 0.05) is 18.9 Å². The molecule has 1 rings (SSSR count). The predicted octanol–water partition coefficient (Wildman–Crippen LogP) is 2.35. The zero-order valence-corrected chi connectivity index (χ0v) is 8.53. The maximum Gasteiger partial charge on any atom is 0.513 e. The Morgan fingerprint density at radius 3 is 2.93 bits per heavy atom. The highest BCUT2D eigenvalue weighted by Gasteiger charge is 2.13. The van der Waals surface area contributed by atoms with Crippen molar-refractivity contribution in [2.45, 2.75) is 25.7 Å². The highest BCUT2D eigenvalue weighted by Crippen LogP contribution is 2.16. The minimum absolute atomic E-state index is 0.000907. The van der Waals surface area contributed by atoms with Crippen LogP contribution in [-0.4, -0.2) is 18.5 Å². The molecule has 4 nitrogen and oxygen atoms in total. The zero-order chi connectivity index (χ0) is 11.1. The van der Waals surface area contributed by atoms with Gasteiger partial charge in [-0.3, -0.25) is 4.79 Å². The van der Waals surface area contributed by atoms with E-state index in [9.17, 15) is 9.59 Å². The van der Waals surface area contributed by atoms with E-state index in [2.05, 4.69) is 11.3 Å². The second kappa shape index (κ2) is 6.01. The van der Waals surface area contributed by atoms with Crippen LogP contribution < -0.4 is 0 Å². The van der Waals surface area contributed by atoms with Crippen LogP contribution in [0.5, 0.6) is 0 Å². The van der Waals surface area contributed by atoms with Crippen molar-refractivity contribution in [3.63, 3.8) is 0 Å². The van der Waals surface area contributed by atoms with Gasteiger partial charge in [-0.25, -0.2) is 4.79 Å². The van der Waals surface area contributed by atoms with Crippen LogP contribution in [0, 0.1) is 0 Å². The van der Waals surface area contributed by atoms with E-state index in [4.69, 9.17) is 4.74 Å². The Morgan fingerprint density at radius 2 is 2.20 bits per heavy atom. The molecule has 0 aromatic heterocycles. The van der Waals surface area contributed by atoms with Crippen molar-refractivity contribution in [1.82, 2.24) is 0 Å². The highest BCUT2D eigenvalue weighted by atomic mass is 16.7. The number of allylic oxidation sites excluding steroid dienone is 2.